The molecule has 0 unspecified atom stereocenters. The Hall–Kier alpha value is -1.82. The third-order valence-corrected chi connectivity index (χ3v) is 3.38. The molecule has 90 valence electrons. The lowest BCUT2D eigenvalue weighted by Crippen LogP contribution is -2.07. The van der Waals surface area contributed by atoms with E-state index in [9.17, 15) is 0 Å². The molecule has 0 saturated carbocycles. The van der Waals surface area contributed by atoms with Crippen molar-refractivity contribution in [3.05, 3.63) is 18.2 Å². The van der Waals surface area contributed by atoms with Crippen molar-refractivity contribution < 1.29 is 4.74 Å². The Balaban J connectivity index is 2.44. The van der Waals surface area contributed by atoms with Crippen LogP contribution in [0.4, 0.5) is 10.8 Å². The van der Waals surface area contributed by atoms with Crippen LogP contribution in [0.15, 0.2) is 18.2 Å². The smallest absolute Gasteiger partial charge is 0.208 e. The summed E-state index contributed by atoms with van der Waals surface area (Å²) in [6.07, 6.45) is 0. The summed E-state index contributed by atoms with van der Waals surface area (Å²) in [5, 5.41) is 9.93. The van der Waals surface area contributed by atoms with Crippen molar-refractivity contribution in [3.63, 3.8) is 0 Å². The number of rotatable bonds is 3. The van der Waals surface area contributed by atoms with Crippen molar-refractivity contribution in [3.8, 4) is 16.3 Å². The molecule has 6 heteroatoms. The van der Waals surface area contributed by atoms with Gasteiger partial charge in [-0.15, -0.1) is 10.2 Å². The number of hydrogen-bond donors (Lipinski definition) is 1. The van der Waals surface area contributed by atoms with E-state index < -0.39 is 0 Å². The molecule has 0 aliphatic carbocycles. The Morgan fingerprint density at radius 1 is 1.29 bits per heavy atom. The topological polar surface area (TPSA) is 64.3 Å². The third-order valence-electron chi connectivity index (χ3n) is 2.25. The molecule has 0 fully saturated rings. The summed E-state index contributed by atoms with van der Waals surface area (Å²) >= 11 is 1.51. The molecule has 17 heavy (non-hydrogen) atoms. The zero-order valence-electron chi connectivity index (χ0n) is 9.97. The minimum absolute atomic E-state index is 0.669. The number of hydrogen-bond acceptors (Lipinski definition) is 6. The van der Waals surface area contributed by atoms with Crippen LogP contribution < -0.4 is 15.4 Å². The quantitative estimate of drug-likeness (QED) is 0.842. The van der Waals surface area contributed by atoms with Gasteiger partial charge < -0.3 is 15.4 Å². The van der Waals surface area contributed by atoms with Crippen molar-refractivity contribution >= 4 is 22.2 Å². The second-order valence-electron chi connectivity index (χ2n) is 3.74. The van der Waals surface area contributed by atoms with E-state index in [-0.39, 0.29) is 0 Å². The fraction of sp³-hybridized carbons (Fsp3) is 0.273. The van der Waals surface area contributed by atoms with E-state index in [4.69, 9.17) is 10.5 Å². The highest BCUT2D eigenvalue weighted by Crippen LogP contribution is 2.35. The average molecular weight is 250 g/mol. The molecule has 0 saturated heterocycles. The molecule has 0 aliphatic heterocycles. The largest absolute Gasteiger partial charge is 0.496 e. The second kappa shape index (κ2) is 4.58. The normalized spacial score (nSPS) is 10.3. The molecular weight excluding hydrogens is 236 g/mol. The van der Waals surface area contributed by atoms with Gasteiger partial charge in [0.15, 0.2) is 5.01 Å². The number of methoxy groups -OCH3 is 1. The standard InChI is InChI=1S/C11H14N4OS/c1-15(2)11-14-13-10(17-11)8-5-4-7(12)6-9(8)16-3/h4-6H,12H2,1-3H3. The number of ether oxygens (including phenoxy) is 1. The molecule has 1 aromatic carbocycles. The Bertz CT molecular complexity index is 524. The van der Waals surface area contributed by atoms with Crippen LogP contribution in [-0.4, -0.2) is 31.4 Å². The van der Waals surface area contributed by atoms with Gasteiger partial charge in [0.1, 0.15) is 5.75 Å². The lowest BCUT2D eigenvalue weighted by molar-refractivity contribution is 0.416. The summed E-state index contributed by atoms with van der Waals surface area (Å²) in [5.74, 6) is 0.714. The van der Waals surface area contributed by atoms with Crippen LogP contribution in [-0.2, 0) is 0 Å². The summed E-state index contributed by atoms with van der Waals surface area (Å²) in [4.78, 5) is 1.92. The molecular formula is C11H14N4OS. The first-order valence-corrected chi connectivity index (χ1v) is 5.88. The molecule has 0 atom stereocenters. The lowest BCUT2D eigenvalue weighted by atomic mass is 10.2. The molecule has 5 nitrogen and oxygen atoms in total. The highest BCUT2D eigenvalue weighted by Gasteiger charge is 2.12. The van der Waals surface area contributed by atoms with E-state index >= 15 is 0 Å². The van der Waals surface area contributed by atoms with Gasteiger partial charge >= 0.3 is 0 Å². The first kappa shape index (κ1) is 11.7. The monoisotopic (exact) mass is 250 g/mol. The molecule has 0 bridgehead atoms. The van der Waals surface area contributed by atoms with Gasteiger partial charge in [0, 0.05) is 25.8 Å². The summed E-state index contributed by atoms with van der Waals surface area (Å²) in [5.41, 5.74) is 7.29. The predicted octanol–water partition coefficient (Wildman–Crippen LogP) is 1.86. The first-order chi connectivity index (χ1) is 8.11. The molecule has 0 spiro atoms. The second-order valence-corrected chi connectivity index (χ2v) is 4.70. The zero-order chi connectivity index (χ0) is 12.4. The maximum atomic E-state index is 5.71. The van der Waals surface area contributed by atoms with Crippen LogP contribution in [0.5, 0.6) is 5.75 Å². The van der Waals surface area contributed by atoms with Gasteiger partial charge in [0.2, 0.25) is 5.13 Å². The summed E-state index contributed by atoms with van der Waals surface area (Å²) in [7, 11) is 5.49. The maximum absolute atomic E-state index is 5.71. The van der Waals surface area contributed by atoms with E-state index in [0.717, 1.165) is 15.7 Å². The minimum Gasteiger partial charge on any atom is -0.496 e. The van der Waals surface area contributed by atoms with Gasteiger partial charge in [0.05, 0.1) is 12.7 Å². The number of nitrogens with zero attached hydrogens (tertiary/aromatic N) is 3. The SMILES string of the molecule is COc1cc(N)ccc1-c1nnc(N(C)C)s1. The third kappa shape index (κ3) is 2.31. The van der Waals surface area contributed by atoms with E-state index in [1.165, 1.54) is 11.3 Å². The van der Waals surface area contributed by atoms with Crippen LogP contribution in [0.25, 0.3) is 10.6 Å². The molecule has 0 aliphatic rings. The lowest BCUT2D eigenvalue weighted by Gasteiger charge is -2.06. The maximum Gasteiger partial charge on any atom is 0.208 e. The van der Waals surface area contributed by atoms with Crippen LogP contribution in [0.2, 0.25) is 0 Å². The van der Waals surface area contributed by atoms with Crippen molar-refractivity contribution in [2.75, 3.05) is 31.8 Å². The number of nitrogen functional groups attached to an aromatic ring is 1. The molecule has 2 aromatic rings. The molecule has 2 N–H and O–H groups in total. The van der Waals surface area contributed by atoms with Crippen molar-refractivity contribution in [2.24, 2.45) is 0 Å². The Morgan fingerprint density at radius 2 is 2.06 bits per heavy atom. The Kier molecular flexibility index (Phi) is 3.14. The Morgan fingerprint density at radius 3 is 2.65 bits per heavy atom. The van der Waals surface area contributed by atoms with Gasteiger partial charge in [-0.3, -0.25) is 0 Å². The number of nitrogens with two attached hydrogens (primary N) is 1. The van der Waals surface area contributed by atoms with Gasteiger partial charge in [-0.05, 0) is 12.1 Å². The van der Waals surface area contributed by atoms with Crippen LogP contribution in [0, 0.1) is 0 Å². The average Bonchev–Trinajstić information content (AvgIpc) is 2.78. The van der Waals surface area contributed by atoms with E-state index in [1.54, 1.807) is 13.2 Å². The summed E-state index contributed by atoms with van der Waals surface area (Å²) in [6.45, 7) is 0. The zero-order valence-corrected chi connectivity index (χ0v) is 10.8. The van der Waals surface area contributed by atoms with Gasteiger partial charge in [-0.1, -0.05) is 11.3 Å². The summed E-state index contributed by atoms with van der Waals surface area (Å²) < 4.78 is 5.30. The number of benzene rings is 1. The van der Waals surface area contributed by atoms with Gasteiger partial charge in [-0.25, -0.2) is 0 Å². The predicted molar refractivity (Wildman–Crippen MR) is 70.6 cm³/mol. The van der Waals surface area contributed by atoms with Crippen molar-refractivity contribution in [1.82, 2.24) is 10.2 Å². The van der Waals surface area contributed by atoms with E-state index in [1.807, 2.05) is 31.1 Å². The highest BCUT2D eigenvalue weighted by molar-refractivity contribution is 7.18. The molecule has 1 heterocycles. The Labute approximate surface area is 104 Å². The number of anilines is 2. The molecule has 0 amide bonds. The molecule has 2 rings (SSSR count). The van der Waals surface area contributed by atoms with Crippen molar-refractivity contribution in [2.45, 2.75) is 0 Å². The van der Waals surface area contributed by atoms with Crippen LogP contribution >= 0.6 is 11.3 Å². The number of aromatic nitrogens is 2. The highest BCUT2D eigenvalue weighted by atomic mass is 32.1. The van der Waals surface area contributed by atoms with Crippen molar-refractivity contribution in [1.29, 1.82) is 0 Å². The molecule has 1 aromatic heterocycles. The fourth-order valence-corrected chi connectivity index (χ4v) is 2.19. The van der Waals surface area contributed by atoms with Crippen LogP contribution in [0.1, 0.15) is 0 Å². The first-order valence-electron chi connectivity index (χ1n) is 5.06. The van der Waals surface area contributed by atoms with E-state index in [2.05, 4.69) is 10.2 Å². The van der Waals surface area contributed by atoms with Gasteiger partial charge in [0.25, 0.3) is 0 Å². The molecule has 0 radical (unpaired) electrons. The minimum atomic E-state index is 0.669. The summed E-state index contributed by atoms with van der Waals surface area (Å²) in [6, 6.07) is 5.51. The fourth-order valence-electron chi connectivity index (χ4n) is 1.39. The van der Waals surface area contributed by atoms with Crippen LogP contribution in [0.3, 0.4) is 0 Å². The van der Waals surface area contributed by atoms with E-state index in [0.29, 0.717) is 11.4 Å². The van der Waals surface area contributed by atoms with Gasteiger partial charge in [-0.2, -0.15) is 0 Å².